The molecule has 0 aromatic heterocycles. The second-order valence-electron chi connectivity index (χ2n) is 6.31. The van der Waals surface area contributed by atoms with Crippen LogP contribution < -0.4 is 10.1 Å². The van der Waals surface area contributed by atoms with Crippen molar-refractivity contribution in [2.45, 2.75) is 32.5 Å². The first kappa shape index (κ1) is 17.3. The molecule has 1 heterocycles. The molecule has 1 atom stereocenters. The highest BCUT2D eigenvalue weighted by Gasteiger charge is 2.35. The van der Waals surface area contributed by atoms with Crippen molar-refractivity contribution in [2.24, 2.45) is 0 Å². The van der Waals surface area contributed by atoms with Crippen molar-refractivity contribution in [1.82, 2.24) is 10.2 Å². The normalized spacial score (nSPS) is 20.0. The van der Waals surface area contributed by atoms with Crippen LogP contribution in [0.1, 0.15) is 20.8 Å². The van der Waals surface area contributed by atoms with Crippen LogP contribution in [-0.4, -0.2) is 54.7 Å². The number of rotatable bonds is 5. The van der Waals surface area contributed by atoms with E-state index in [4.69, 9.17) is 9.47 Å². The molecule has 6 heteroatoms. The summed E-state index contributed by atoms with van der Waals surface area (Å²) in [5.74, 6) is 0.451. The second kappa shape index (κ2) is 7.46. The molecule has 6 nitrogen and oxygen atoms in total. The molecule has 1 aromatic carbocycles. The van der Waals surface area contributed by atoms with Gasteiger partial charge in [0.25, 0.3) is 0 Å². The molecule has 0 saturated carbocycles. The number of morpholine rings is 1. The number of para-hydroxylation sites is 1. The van der Waals surface area contributed by atoms with E-state index < -0.39 is 5.60 Å². The summed E-state index contributed by atoms with van der Waals surface area (Å²) in [6.07, 6.45) is -0.208. The predicted octanol–water partition coefficient (Wildman–Crippen LogP) is 1.21. The van der Waals surface area contributed by atoms with Gasteiger partial charge in [-0.05, 0) is 26.0 Å². The molecule has 0 aliphatic carbocycles. The highest BCUT2D eigenvalue weighted by Crippen LogP contribution is 2.22. The lowest BCUT2D eigenvalue weighted by atomic mass is 10.1. The van der Waals surface area contributed by atoms with Gasteiger partial charge in [0.05, 0.1) is 18.7 Å². The minimum Gasteiger partial charge on any atom is -0.491 e. The minimum atomic E-state index is -0.450. The van der Waals surface area contributed by atoms with Crippen LogP contribution in [0.25, 0.3) is 0 Å². The van der Waals surface area contributed by atoms with Gasteiger partial charge in [0.15, 0.2) is 0 Å². The zero-order chi connectivity index (χ0) is 16.9. The number of hydrogen-bond acceptors (Lipinski definition) is 4. The molecular weight excluding hydrogens is 296 g/mol. The monoisotopic (exact) mass is 320 g/mol. The van der Waals surface area contributed by atoms with E-state index in [0.717, 1.165) is 5.75 Å². The second-order valence-corrected chi connectivity index (χ2v) is 6.31. The zero-order valence-corrected chi connectivity index (χ0v) is 13.9. The third kappa shape index (κ3) is 5.56. The van der Waals surface area contributed by atoms with Gasteiger partial charge in [0.2, 0.25) is 11.8 Å². The van der Waals surface area contributed by atoms with Gasteiger partial charge in [0.1, 0.15) is 18.5 Å². The first-order valence-electron chi connectivity index (χ1n) is 7.73. The molecule has 1 N–H and O–H groups in total. The molecule has 23 heavy (non-hydrogen) atoms. The Labute approximate surface area is 136 Å². The Morgan fingerprint density at radius 1 is 1.35 bits per heavy atom. The molecule has 1 aliphatic rings. The number of nitrogens with zero attached hydrogens (tertiary/aromatic N) is 1. The molecule has 1 saturated heterocycles. The van der Waals surface area contributed by atoms with Crippen molar-refractivity contribution in [1.29, 1.82) is 0 Å². The van der Waals surface area contributed by atoms with Crippen LogP contribution in [0.3, 0.4) is 0 Å². The van der Waals surface area contributed by atoms with Crippen LogP contribution in [-0.2, 0) is 14.3 Å². The summed E-state index contributed by atoms with van der Waals surface area (Å²) >= 11 is 0. The quantitative estimate of drug-likeness (QED) is 0.885. The molecule has 0 radical (unpaired) electrons. The summed E-state index contributed by atoms with van der Waals surface area (Å²) in [5, 5.41) is 2.54. The number of carbonyl (C=O) groups is 2. The molecule has 1 aromatic rings. The van der Waals surface area contributed by atoms with E-state index in [0.29, 0.717) is 19.7 Å². The average molecular weight is 320 g/mol. The first-order valence-corrected chi connectivity index (χ1v) is 7.73. The highest BCUT2D eigenvalue weighted by atomic mass is 16.5. The maximum Gasteiger partial charge on any atom is 0.242 e. The first-order chi connectivity index (χ1) is 10.9. The third-order valence-electron chi connectivity index (χ3n) is 3.50. The van der Waals surface area contributed by atoms with Crippen molar-refractivity contribution < 1.29 is 19.1 Å². The number of hydrogen-bond donors (Lipinski definition) is 1. The molecule has 1 fully saturated rings. The largest absolute Gasteiger partial charge is 0.491 e. The van der Waals surface area contributed by atoms with Gasteiger partial charge < -0.3 is 19.7 Å². The van der Waals surface area contributed by atoms with E-state index in [1.807, 2.05) is 44.2 Å². The Balaban J connectivity index is 1.92. The smallest absolute Gasteiger partial charge is 0.242 e. The SMILES string of the molecule is CC(=O)NCC(=O)N1C[C@@H](COc2ccccc2)OC(C)(C)C1. The van der Waals surface area contributed by atoms with Crippen LogP contribution in [0.15, 0.2) is 30.3 Å². The minimum absolute atomic E-state index is 0.0116. The van der Waals surface area contributed by atoms with Crippen LogP contribution in [0.5, 0.6) is 5.75 Å². The van der Waals surface area contributed by atoms with Gasteiger partial charge in [-0.1, -0.05) is 18.2 Å². The number of benzene rings is 1. The summed E-state index contributed by atoms with van der Waals surface area (Å²) < 4.78 is 11.7. The summed E-state index contributed by atoms with van der Waals surface area (Å²) in [7, 11) is 0. The number of carbonyl (C=O) groups excluding carboxylic acids is 2. The molecule has 1 aliphatic heterocycles. The molecule has 126 valence electrons. The van der Waals surface area contributed by atoms with E-state index in [1.54, 1.807) is 4.90 Å². The number of nitrogens with one attached hydrogen (secondary N) is 1. The fraction of sp³-hybridized carbons (Fsp3) is 0.529. The van der Waals surface area contributed by atoms with Crippen molar-refractivity contribution in [3.63, 3.8) is 0 Å². The van der Waals surface area contributed by atoms with Gasteiger partial charge in [-0.3, -0.25) is 9.59 Å². The predicted molar refractivity (Wildman–Crippen MR) is 86.2 cm³/mol. The lowest BCUT2D eigenvalue weighted by Crippen LogP contribution is -2.57. The highest BCUT2D eigenvalue weighted by molar-refractivity contribution is 5.83. The molecule has 0 spiro atoms. The van der Waals surface area contributed by atoms with Gasteiger partial charge in [-0.25, -0.2) is 0 Å². The number of ether oxygens (including phenoxy) is 2. The molecule has 2 rings (SSSR count). The Kier molecular flexibility index (Phi) is 5.60. The van der Waals surface area contributed by atoms with Crippen molar-refractivity contribution >= 4 is 11.8 Å². The standard InChI is InChI=1S/C17H24N2O4/c1-13(20)18-9-16(21)19-10-15(23-17(2,3)12-19)11-22-14-7-5-4-6-8-14/h4-8,15H,9-12H2,1-3H3,(H,18,20)/t15-/m0/s1. The molecular formula is C17H24N2O4. The third-order valence-corrected chi connectivity index (χ3v) is 3.50. The Morgan fingerprint density at radius 2 is 2.04 bits per heavy atom. The zero-order valence-electron chi connectivity index (χ0n) is 13.9. The summed E-state index contributed by atoms with van der Waals surface area (Å²) in [5.41, 5.74) is -0.450. The van der Waals surface area contributed by atoms with Crippen LogP contribution in [0, 0.1) is 0 Å². The van der Waals surface area contributed by atoms with E-state index in [2.05, 4.69) is 5.32 Å². The lowest BCUT2D eigenvalue weighted by Gasteiger charge is -2.42. The maximum absolute atomic E-state index is 12.2. The summed E-state index contributed by atoms with van der Waals surface area (Å²) in [6.45, 7) is 6.62. The van der Waals surface area contributed by atoms with Gasteiger partial charge in [-0.15, -0.1) is 0 Å². The average Bonchev–Trinajstić information content (AvgIpc) is 2.50. The van der Waals surface area contributed by atoms with Crippen molar-refractivity contribution in [3.05, 3.63) is 30.3 Å². The van der Waals surface area contributed by atoms with Crippen LogP contribution in [0.4, 0.5) is 0 Å². The fourth-order valence-corrected chi connectivity index (χ4v) is 2.59. The maximum atomic E-state index is 12.2. The lowest BCUT2D eigenvalue weighted by molar-refractivity contribution is -0.165. The molecule has 2 amide bonds. The molecule has 0 bridgehead atoms. The Bertz CT molecular complexity index is 545. The van der Waals surface area contributed by atoms with Crippen LogP contribution >= 0.6 is 0 Å². The van der Waals surface area contributed by atoms with E-state index in [9.17, 15) is 9.59 Å². The fourth-order valence-electron chi connectivity index (χ4n) is 2.59. The Hall–Kier alpha value is -2.08. The van der Waals surface area contributed by atoms with Crippen molar-refractivity contribution in [2.75, 3.05) is 26.2 Å². The topological polar surface area (TPSA) is 67.9 Å². The van der Waals surface area contributed by atoms with E-state index in [1.165, 1.54) is 6.92 Å². The van der Waals surface area contributed by atoms with Gasteiger partial charge >= 0.3 is 0 Å². The van der Waals surface area contributed by atoms with Gasteiger partial charge in [0, 0.05) is 13.5 Å². The number of amides is 2. The Morgan fingerprint density at radius 3 is 2.70 bits per heavy atom. The van der Waals surface area contributed by atoms with Crippen LogP contribution in [0.2, 0.25) is 0 Å². The summed E-state index contributed by atoms with van der Waals surface area (Å²) in [4.78, 5) is 24.9. The van der Waals surface area contributed by atoms with E-state index >= 15 is 0 Å². The van der Waals surface area contributed by atoms with Gasteiger partial charge in [-0.2, -0.15) is 0 Å². The van der Waals surface area contributed by atoms with Crippen molar-refractivity contribution in [3.8, 4) is 5.75 Å². The summed E-state index contributed by atoms with van der Waals surface area (Å²) in [6, 6.07) is 9.51. The van der Waals surface area contributed by atoms with E-state index in [-0.39, 0.29) is 24.5 Å². The molecule has 0 unspecified atom stereocenters.